The van der Waals surface area contributed by atoms with E-state index in [1.54, 1.807) is 24.1 Å². The Morgan fingerprint density at radius 1 is 1.29 bits per heavy atom. The van der Waals surface area contributed by atoms with Crippen molar-refractivity contribution in [2.75, 3.05) is 12.8 Å². The van der Waals surface area contributed by atoms with Gasteiger partial charge in [-0.1, -0.05) is 29.3 Å². The summed E-state index contributed by atoms with van der Waals surface area (Å²) in [6, 6.07) is 9.04. The molecule has 1 aromatic carbocycles. The van der Waals surface area contributed by atoms with Crippen LogP contribution in [-0.2, 0) is 11.3 Å². The number of rotatable bonds is 6. The van der Waals surface area contributed by atoms with Crippen LogP contribution < -0.4 is 0 Å². The van der Waals surface area contributed by atoms with Gasteiger partial charge in [0.25, 0.3) is 0 Å². The van der Waals surface area contributed by atoms with Crippen LogP contribution in [0.4, 0.5) is 0 Å². The van der Waals surface area contributed by atoms with Gasteiger partial charge in [-0.2, -0.15) is 0 Å². The zero-order valence-corrected chi connectivity index (χ0v) is 15.8. The molecule has 0 saturated carbocycles. The summed E-state index contributed by atoms with van der Waals surface area (Å²) in [4.78, 5) is 19.1. The predicted octanol–water partition coefficient (Wildman–Crippen LogP) is 4.54. The largest absolute Gasteiger partial charge is 0.505 e. The van der Waals surface area contributed by atoms with E-state index in [-0.39, 0.29) is 21.7 Å². The molecule has 1 amide bonds. The molecule has 128 valence electrons. The van der Waals surface area contributed by atoms with Gasteiger partial charge >= 0.3 is 0 Å². The number of benzene rings is 1. The molecule has 1 N–H and O–H groups in total. The number of carbonyl (C=O) groups is 1. The molecule has 0 spiro atoms. The van der Waals surface area contributed by atoms with E-state index in [0.717, 1.165) is 16.3 Å². The average Bonchev–Trinajstić information content (AvgIpc) is 2.52. The number of aryl methyl sites for hydroxylation is 1. The van der Waals surface area contributed by atoms with Gasteiger partial charge in [-0.15, -0.1) is 11.8 Å². The molecule has 0 bridgehead atoms. The second kappa shape index (κ2) is 8.60. The van der Waals surface area contributed by atoms with E-state index in [9.17, 15) is 9.90 Å². The number of hydrogen-bond donors (Lipinski definition) is 1. The van der Waals surface area contributed by atoms with E-state index in [2.05, 4.69) is 4.98 Å². The van der Waals surface area contributed by atoms with Crippen LogP contribution in [-0.4, -0.2) is 33.7 Å². The van der Waals surface area contributed by atoms with E-state index in [1.165, 1.54) is 11.8 Å². The number of aromatic hydroxyl groups is 1. The lowest BCUT2D eigenvalue weighted by Gasteiger charge is -2.17. The van der Waals surface area contributed by atoms with Crippen molar-refractivity contribution in [2.45, 2.75) is 24.8 Å². The fraction of sp³-hybridized carbons (Fsp3) is 0.294. The Morgan fingerprint density at radius 2 is 1.96 bits per heavy atom. The molecule has 7 heteroatoms. The highest BCUT2D eigenvalue weighted by molar-refractivity contribution is 7.99. The Bertz CT molecular complexity index is 717. The van der Waals surface area contributed by atoms with Crippen LogP contribution in [0.5, 0.6) is 5.75 Å². The van der Waals surface area contributed by atoms with Crippen LogP contribution in [0.15, 0.2) is 35.2 Å². The van der Waals surface area contributed by atoms with Crippen molar-refractivity contribution in [3.05, 3.63) is 51.8 Å². The maximum atomic E-state index is 12.2. The molecule has 0 aliphatic rings. The molecule has 0 fully saturated rings. The van der Waals surface area contributed by atoms with Gasteiger partial charge in [0.15, 0.2) is 5.75 Å². The Labute approximate surface area is 155 Å². The summed E-state index contributed by atoms with van der Waals surface area (Å²) < 4.78 is 0. The normalized spacial score (nSPS) is 10.7. The van der Waals surface area contributed by atoms with Crippen LogP contribution in [0.25, 0.3) is 0 Å². The fourth-order valence-corrected chi connectivity index (χ4v) is 3.62. The third-order valence-corrected chi connectivity index (χ3v) is 4.90. The fourth-order valence-electron chi connectivity index (χ4n) is 2.09. The van der Waals surface area contributed by atoms with Gasteiger partial charge in [0.2, 0.25) is 5.91 Å². The quantitative estimate of drug-likeness (QED) is 0.742. The number of carbonyl (C=O) groups excluding carboxylic acids is 1. The number of thioether (sulfide) groups is 1. The average molecular weight is 385 g/mol. The molecule has 0 aliphatic heterocycles. The van der Waals surface area contributed by atoms with Gasteiger partial charge < -0.3 is 10.0 Å². The lowest BCUT2D eigenvalue weighted by molar-refractivity contribution is -0.130. The van der Waals surface area contributed by atoms with Crippen LogP contribution in [0.2, 0.25) is 10.0 Å². The second-order valence-corrected chi connectivity index (χ2v) is 7.34. The van der Waals surface area contributed by atoms with Gasteiger partial charge in [0, 0.05) is 29.8 Å². The first-order valence-corrected chi connectivity index (χ1v) is 9.08. The van der Waals surface area contributed by atoms with Crippen molar-refractivity contribution in [1.82, 2.24) is 9.88 Å². The number of hydrogen-bond acceptors (Lipinski definition) is 4. The number of amides is 1. The Kier molecular flexibility index (Phi) is 6.78. The highest BCUT2D eigenvalue weighted by atomic mass is 35.5. The third-order valence-electron chi connectivity index (χ3n) is 3.35. The zero-order valence-electron chi connectivity index (χ0n) is 13.4. The molecule has 0 unspecified atom stereocenters. The maximum Gasteiger partial charge on any atom is 0.223 e. The van der Waals surface area contributed by atoms with Gasteiger partial charge in [-0.3, -0.25) is 9.78 Å². The van der Waals surface area contributed by atoms with Crippen molar-refractivity contribution >= 4 is 40.9 Å². The van der Waals surface area contributed by atoms with Crippen molar-refractivity contribution in [2.24, 2.45) is 0 Å². The van der Waals surface area contributed by atoms with E-state index >= 15 is 0 Å². The summed E-state index contributed by atoms with van der Waals surface area (Å²) in [6.45, 7) is 2.41. The lowest BCUT2D eigenvalue weighted by atomic mass is 10.3. The monoisotopic (exact) mass is 384 g/mol. The second-order valence-electron chi connectivity index (χ2n) is 5.35. The molecular weight excluding hydrogens is 367 g/mol. The Balaban J connectivity index is 1.84. The summed E-state index contributed by atoms with van der Waals surface area (Å²) >= 11 is 13.2. The molecule has 1 heterocycles. The van der Waals surface area contributed by atoms with E-state index in [0.29, 0.717) is 18.7 Å². The van der Waals surface area contributed by atoms with Crippen LogP contribution in [0.3, 0.4) is 0 Å². The highest BCUT2D eigenvalue weighted by Gasteiger charge is 2.11. The van der Waals surface area contributed by atoms with Crippen molar-refractivity contribution in [3.8, 4) is 5.75 Å². The number of halogens is 2. The first kappa shape index (κ1) is 18.9. The molecule has 24 heavy (non-hydrogen) atoms. The van der Waals surface area contributed by atoms with Crippen molar-refractivity contribution < 1.29 is 9.90 Å². The Hall–Kier alpha value is -1.43. The number of nitrogens with zero attached hydrogens (tertiary/aromatic N) is 2. The number of phenolic OH excluding ortho intramolecular Hbond substituents is 1. The molecule has 1 aromatic heterocycles. The molecule has 2 aromatic rings. The molecule has 2 rings (SSSR count). The zero-order chi connectivity index (χ0) is 17.7. The first-order chi connectivity index (χ1) is 11.4. The summed E-state index contributed by atoms with van der Waals surface area (Å²) in [5.41, 5.74) is 1.81. The predicted molar refractivity (Wildman–Crippen MR) is 98.9 cm³/mol. The van der Waals surface area contributed by atoms with Gasteiger partial charge in [-0.25, -0.2) is 0 Å². The number of phenols is 1. The maximum absolute atomic E-state index is 12.2. The molecule has 4 nitrogen and oxygen atoms in total. The van der Waals surface area contributed by atoms with Gasteiger partial charge in [0.05, 0.1) is 22.3 Å². The summed E-state index contributed by atoms with van der Waals surface area (Å²) in [5, 5.41) is 9.95. The minimum atomic E-state index is -0.121. The smallest absolute Gasteiger partial charge is 0.223 e. The van der Waals surface area contributed by atoms with Crippen molar-refractivity contribution in [1.29, 1.82) is 0 Å². The van der Waals surface area contributed by atoms with E-state index < -0.39 is 0 Å². The van der Waals surface area contributed by atoms with Crippen LogP contribution in [0.1, 0.15) is 17.8 Å². The third kappa shape index (κ3) is 5.30. The Morgan fingerprint density at radius 3 is 2.58 bits per heavy atom. The van der Waals surface area contributed by atoms with Crippen LogP contribution in [0, 0.1) is 6.92 Å². The molecule has 0 radical (unpaired) electrons. The summed E-state index contributed by atoms with van der Waals surface area (Å²) in [6.07, 6.45) is 0.392. The summed E-state index contributed by atoms with van der Waals surface area (Å²) in [7, 11) is 1.77. The van der Waals surface area contributed by atoms with E-state index in [4.69, 9.17) is 23.2 Å². The standard InChI is InChI=1S/C17H18Cl2N2O2S/c1-11-4-3-5-12(20-11)10-21(2)16(22)6-7-24-13-8-14(18)17(23)15(19)9-13/h3-5,8-9,23H,6-7,10H2,1-2H3. The van der Waals surface area contributed by atoms with E-state index in [1.807, 2.05) is 25.1 Å². The summed E-state index contributed by atoms with van der Waals surface area (Å²) in [5.74, 6) is 0.521. The molecule has 0 atom stereocenters. The molecule has 0 aliphatic carbocycles. The SMILES string of the molecule is Cc1cccc(CN(C)C(=O)CCSc2cc(Cl)c(O)c(Cl)c2)n1. The number of pyridine rings is 1. The minimum Gasteiger partial charge on any atom is -0.505 e. The van der Waals surface area contributed by atoms with Gasteiger partial charge in [0.1, 0.15) is 0 Å². The first-order valence-electron chi connectivity index (χ1n) is 7.34. The van der Waals surface area contributed by atoms with Crippen LogP contribution >= 0.6 is 35.0 Å². The number of aromatic nitrogens is 1. The lowest BCUT2D eigenvalue weighted by Crippen LogP contribution is -2.26. The molecule has 0 saturated heterocycles. The minimum absolute atomic E-state index is 0.0433. The topological polar surface area (TPSA) is 53.4 Å². The highest BCUT2D eigenvalue weighted by Crippen LogP contribution is 2.36. The molecular formula is C17H18Cl2N2O2S. The van der Waals surface area contributed by atoms with Gasteiger partial charge in [-0.05, 0) is 31.2 Å². The van der Waals surface area contributed by atoms with Crippen molar-refractivity contribution in [3.63, 3.8) is 0 Å².